The van der Waals surface area contributed by atoms with Crippen LogP contribution in [0.4, 0.5) is 5.69 Å². The minimum absolute atomic E-state index is 0.444. The molecule has 1 saturated heterocycles. The molecule has 0 atom stereocenters. The van der Waals surface area contributed by atoms with E-state index in [0.29, 0.717) is 5.92 Å². The molecule has 3 rings (SSSR count). The molecule has 2 heterocycles. The van der Waals surface area contributed by atoms with Gasteiger partial charge >= 0.3 is 0 Å². The maximum atomic E-state index is 5.84. The van der Waals surface area contributed by atoms with Gasteiger partial charge in [-0.1, -0.05) is 13.8 Å². The lowest BCUT2D eigenvalue weighted by molar-refractivity contribution is 0.521. The Morgan fingerprint density at radius 1 is 1.17 bits per heavy atom. The summed E-state index contributed by atoms with van der Waals surface area (Å²) in [5.74, 6) is 1.52. The molecule has 1 fully saturated rings. The highest BCUT2D eigenvalue weighted by Crippen LogP contribution is 2.28. The van der Waals surface area contributed by atoms with Gasteiger partial charge in [-0.25, -0.2) is 0 Å². The minimum Gasteiger partial charge on any atom is -0.461 e. The fourth-order valence-corrected chi connectivity index (χ4v) is 2.46. The summed E-state index contributed by atoms with van der Waals surface area (Å²) in [6.07, 6.45) is 0. The van der Waals surface area contributed by atoms with Crippen LogP contribution in [-0.2, 0) is 0 Å². The van der Waals surface area contributed by atoms with Crippen molar-refractivity contribution in [2.45, 2.75) is 19.8 Å². The molecular weight excluding hydrogens is 224 g/mol. The molecule has 3 nitrogen and oxygen atoms in total. The van der Waals surface area contributed by atoms with E-state index in [2.05, 4.69) is 48.3 Å². The molecule has 0 radical (unpaired) electrons. The van der Waals surface area contributed by atoms with Gasteiger partial charge in [0.25, 0.3) is 0 Å². The fourth-order valence-electron chi connectivity index (χ4n) is 2.46. The minimum atomic E-state index is 0.444. The van der Waals surface area contributed by atoms with Crippen molar-refractivity contribution in [1.82, 2.24) is 5.32 Å². The van der Waals surface area contributed by atoms with E-state index in [0.717, 1.165) is 37.5 Å². The second-order valence-electron chi connectivity index (χ2n) is 5.26. The number of rotatable bonds is 2. The molecule has 3 heteroatoms. The molecule has 2 aromatic rings. The molecule has 0 unspecified atom stereocenters. The molecule has 1 aliphatic rings. The first-order valence-corrected chi connectivity index (χ1v) is 6.73. The highest BCUT2D eigenvalue weighted by atomic mass is 16.3. The predicted molar refractivity (Wildman–Crippen MR) is 75.4 cm³/mol. The number of piperazine rings is 1. The first-order valence-electron chi connectivity index (χ1n) is 6.73. The van der Waals surface area contributed by atoms with Crippen LogP contribution in [0.15, 0.2) is 28.7 Å². The van der Waals surface area contributed by atoms with Gasteiger partial charge in [-0.05, 0) is 24.3 Å². The van der Waals surface area contributed by atoms with E-state index in [1.807, 2.05) is 0 Å². The Bertz CT molecular complexity index is 538. The van der Waals surface area contributed by atoms with Crippen LogP contribution in [0.2, 0.25) is 0 Å². The Kier molecular flexibility index (Phi) is 3.00. The highest BCUT2D eigenvalue weighted by molar-refractivity contribution is 5.82. The number of furan rings is 1. The second kappa shape index (κ2) is 4.65. The zero-order valence-corrected chi connectivity index (χ0v) is 11.1. The van der Waals surface area contributed by atoms with E-state index < -0.39 is 0 Å². The topological polar surface area (TPSA) is 28.4 Å². The summed E-state index contributed by atoms with van der Waals surface area (Å²) in [4.78, 5) is 2.43. The smallest absolute Gasteiger partial charge is 0.134 e. The molecule has 0 saturated carbocycles. The number of hydrogen-bond donors (Lipinski definition) is 1. The molecule has 0 spiro atoms. The largest absolute Gasteiger partial charge is 0.461 e. The van der Waals surface area contributed by atoms with Crippen molar-refractivity contribution in [3.8, 4) is 0 Å². The number of hydrogen-bond acceptors (Lipinski definition) is 3. The lowest BCUT2D eigenvalue weighted by atomic mass is 10.1. The van der Waals surface area contributed by atoms with Crippen molar-refractivity contribution in [3.05, 3.63) is 30.0 Å². The first-order chi connectivity index (χ1) is 8.74. The summed E-state index contributed by atoms with van der Waals surface area (Å²) in [6.45, 7) is 8.63. The maximum absolute atomic E-state index is 5.84. The fraction of sp³-hybridized carbons (Fsp3) is 0.467. The van der Waals surface area contributed by atoms with Gasteiger partial charge in [0.05, 0.1) is 0 Å². The number of benzene rings is 1. The Morgan fingerprint density at radius 3 is 2.67 bits per heavy atom. The summed E-state index contributed by atoms with van der Waals surface area (Å²) in [6, 6.07) is 8.68. The highest BCUT2D eigenvalue weighted by Gasteiger charge is 2.12. The van der Waals surface area contributed by atoms with Crippen LogP contribution in [0, 0.1) is 0 Å². The molecule has 1 aliphatic heterocycles. The van der Waals surface area contributed by atoms with Gasteiger partial charge in [-0.2, -0.15) is 0 Å². The van der Waals surface area contributed by atoms with E-state index >= 15 is 0 Å². The summed E-state index contributed by atoms with van der Waals surface area (Å²) in [5.41, 5.74) is 2.30. The molecule has 1 N–H and O–H groups in total. The van der Waals surface area contributed by atoms with Crippen LogP contribution in [0.1, 0.15) is 25.5 Å². The predicted octanol–water partition coefficient (Wildman–Crippen LogP) is 2.97. The summed E-state index contributed by atoms with van der Waals surface area (Å²) >= 11 is 0. The molecule has 0 amide bonds. The Balaban J connectivity index is 1.94. The Morgan fingerprint density at radius 2 is 1.94 bits per heavy atom. The van der Waals surface area contributed by atoms with Gasteiger partial charge in [0.15, 0.2) is 0 Å². The molecular formula is C15H20N2O. The van der Waals surface area contributed by atoms with Crippen LogP contribution in [0.3, 0.4) is 0 Å². The van der Waals surface area contributed by atoms with Gasteiger partial charge in [-0.3, -0.25) is 0 Å². The second-order valence-corrected chi connectivity index (χ2v) is 5.26. The van der Waals surface area contributed by atoms with Crippen molar-refractivity contribution >= 4 is 16.7 Å². The molecule has 0 bridgehead atoms. The van der Waals surface area contributed by atoms with E-state index in [1.165, 1.54) is 11.1 Å². The van der Waals surface area contributed by atoms with Crippen LogP contribution in [0.5, 0.6) is 0 Å². The Hall–Kier alpha value is -1.48. The van der Waals surface area contributed by atoms with Gasteiger partial charge < -0.3 is 14.6 Å². The van der Waals surface area contributed by atoms with Gasteiger partial charge in [0.2, 0.25) is 0 Å². The average molecular weight is 244 g/mol. The summed E-state index contributed by atoms with van der Waals surface area (Å²) in [5, 5.41) is 4.60. The maximum Gasteiger partial charge on any atom is 0.134 e. The van der Waals surface area contributed by atoms with Crippen molar-refractivity contribution in [2.24, 2.45) is 0 Å². The SMILES string of the molecule is CC(C)c1cc2cc(N3CCNCC3)ccc2o1. The van der Waals surface area contributed by atoms with Crippen molar-refractivity contribution in [2.75, 3.05) is 31.1 Å². The number of fused-ring (bicyclic) bond motifs is 1. The summed E-state index contributed by atoms with van der Waals surface area (Å²) < 4.78 is 5.84. The third-order valence-corrected chi connectivity index (χ3v) is 3.57. The van der Waals surface area contributed by atoms with E-state index in [1.54, 1.807) is 0 Å². The zero-order valence-electron chi connectivity index (χ0n) is 11.1. The monoisotopic (exact) mass is 244 g/mol. The summed E-state index contributed by atoms with van der Waals surface area (Å²) in [7, 11) is 0. The standard InChI is InChI=1S/C15H20N2O/c1-11(2)15-10-12-9-13(3-4-14(12)18-15)17-7-5-16-6-8-17/h3-4,9-11,16H,5-8H2,1-2H3. The van der Waals surface area contributed by atoms with Crippen LogP contribution in [-0.4, -0.2) is 26.2 Å². The van der Waals surface area contributed by atoms with Crippen LogP contribution >= 0.6 is 0 Å². The van der Waals surface area contributed by atoms with E-state index in [9.17, 15) is 0 Å². The van der Waals surface area contributed by atoms with E-state index in [-0.39, 0.29) is 0 Å². The average Bonchev–Trinajstić information content (AvgIpc) is 2.82. The van der Waals surface area contributed by atoms with Gasteiger partial charge in [-0.15, -0.1) is 0 Å². The van der Waals surface area contributed by atoms with Crippen molar-refractivity contribution < 1.29 is 4.42 Å². The van der Waals surface area contributed by atoms with Crippen LogP contribution in [0.25, 0.3) is 11.0 Å². The van der Waals surface area contributed by atoms with Gasteiger partial charge in [0.1, 0.15) is 11.3 Å². The van der Waals surface area contributed by atoms with E-state index in [4.69, 9.17) is 4.42 Å². The molecule has 96 valence electrons. The number of anilines is 1. The quantitative estimate of drug-likeness (QED) is 0.880. The molecule has 0 aliphatic carbocycles. The number of nitrogens with one attached hydrogen (secondary N) is 1. The first kappa shape index (κ1) is 11.6. The van der Waals surface area contributed by atoms with Crippen molar-refractivity contribution in [1.29, 1.82) is 0 Å². The zero-order chi connectivity index (χ0) is 12.5. The Labute approximate surface area is 108 Å². The molecule has 1 aromatic heterocycles. The number of nitrogens with zero attached hydrogens (tertiary/aromatic N) is 1. The lowest BCUT2D eigenvalue weighted by Gasteiger charge is -2.29. The van der Waals surface area contributed by atoms with Gasteiger partial charge in [0, 0.05) is 43.2 Å². The van der Waals surface area contributed by atoms with Crippen LogP contribution < -0.4 is 10.2 Å². The molecule has 18 heavy (non-hydrogen) atoms. The molecule has 1 aromatic carbocycles. The lowest BCUT2D eigenvalue weighted by Crippen LogP contribution is -2.43. The third-order valence-electron chi connectivity index (χ3n) is 3.57. The van der Waals surface area contributed by atoms with Crippen molar-refractivity contribution in [3.63, 3.8) is 0 Å². The normalized spacial score (nSPS) is 16.7. The third kappa shape index (κ3) is 2.10.